The molecule has 1 unspecified atom stereocenters. The first-order valence-corrected chi connectivity index (χ1v) is 10.9. The molecule has 0 radical (unpaired) electrons. The summed E-state index contributed by atoms with van der Waals surface area (Å²) in [6.45, 7) is 9.77. The maximum Gasteiger partial charge on any atom is 0.243 e. The second-order valence-corrected chi connectivity index (χ2v) is 8.08. The zero-order valence-electron chi connectivity index (χ0n) is 18.2. The van der Waals surface area contributed by atoms with Crippen molar-refractivity contribution in [2.24, 2.45) is 0 Å². The Morgan fingerprint density at radius 2 is 1.75 bits per heavy atom. The van der Waals surface area contributed by atoms with Crippen molar-refractivity contribution in [1.82, 2.24) is 19.4 Å². The van der Waals surface area contributed by atoms with Gasteiger partial charge in [0.2, 0.25) is 11.8 Å². The molecule has 0 N–H and O–H groups in total. The molecule has 1 aliphatic rings. The van der Waals surface area contributed by atoms with Crippen molar-refractivity contribution in [3.8, 4) is 0 Å². The molecule has 4 rings (SSSR count). The van der Waals surface area contributed by atoms with Gasteiger partial charge in [0, 0.05) is 38.5 Å². The van der Waals surface area contributed by atoms with Crippen LogP contribution in [0.2, 0.25) is 0 Å². The number of benzene rings is 2. The van der Waals surface area contributed by atoms with Crippen LogP contribution < -0.4 is 0 Å². The number of likely N-dealkylation sites (tertiary alicyclic amines) is 1. The summed E-state index contributed by atoms with van der Waals surface area (Å²) in [4.78, 5) is 34.3. The fraction of sp³-hybridized carbons (Fsp3) is 0.269. The first-order valence-electron chi connectivity index (χ1n) is 10.9. The van der Waals surface area contributed by atoms with Crippen molar-refractivity contribution in [2.75, 3.05) is 19.6 Å². The summed E-state index contributed by atoms with van der Waals surface area (Å²) in [6, 6.07) is 17.8. The summed E-state index contributed by atoms with van der Waals surface area (Å²) >= 11 is 0. The van der Waals surface area contributed by atoms with Crippen molar-refractivity contribution in [3.63, 3.8) is 0 Å². The summed E-state index contributed by atoms with van der Waals surface area (Å²) in [5, 5.41) is 0. The Bertz CT molecular complexity index is 1130. The Labute approximate surface area is 188 Å². The van der Waals surface area contributed by atoms with E-state index in [0.29, 0.717) is 32.6 Å². The summed E-state index contributed by atoms with van der Waals surface area (Å²) in [5.41, 5.74) is 2.85. The first-order chi connectivity index (χ1) is 15.6. The Balaban J connectivity index is 1.61. The summed E-state index contributed by atoms with van der Waals surface area (Å²) in [7, 11) is 0. The van der Waals surface area contributed by atoms with E-state index in [1.807, 2.05) is 64.1 Å². The molecule has 1 aliphatic heterocycles. The number of para-hydroxylation sites is 2. The number of rotatable bonds is 9. The maximum absolute atomic E-state index is 13.1. The van der Waals surface area contributed by atoms with Crippen molar-refractivity contribution in [1.29, 1.82) is 0 Å². The van der Waals surface area contributed by atoms with Gasteiger partial charge in [-0.25, -0.2) is 4.98 Å². The smallest absolute Gasteiger partial charge is 0.243 e. The van der Waals surface area contributed by atoms with Crippen molar-refractivity contribution in [2.45, 2.75) is 25.4 Å². The molecule has 0 bridgehead atoms. The number of carbonyl (C=O) groups is 2. The zero-order chi connectivity index (χ0) is 22.5. The fourth-order valence-corrected chi connectivity index (χ4v) is 4.30. The Morgan fingerprint density at radius 3 is 2.47 bits per heavy atom. The highest BCUT2D eigenvalue weighted by molar-refractivity contribution is 5.83. The first kappa shape index (κ1) is 21.6. The lowest BCUT2D eigenvalue weighted by Crippen LogP contribution is -2.34. The highest BCUT2D eigenvalue weighted by Crippen LogP contribution is 2.31. The molecule has 3 aromatic rings. The molecule has 0 saturated carbocycles. The summed E-state index contributed by atoms with van der Waals surface area (Å²) in [6.07, 6.45) is 3.82. The van der Waals surface area contributed by atoms with Crippen molar-refractivity contribution < 1.29 is 9.59 Å². The van der Waals surface area contributed by atoms with Gasteiger partial charge in [-0.1, -0.05) is 54.6 Å². The van der Waals surface area contributed by atoms with Crippen LogP contribution in [0, 0.1) is 0 Å². The highest BCUT2D eigenvalue weighted by Gasteiger charge is 2.34. The lowest BCUT2D eigenvalue weighted by molar-refractivity contribution is -0.130. The number of carbonyl (C=O) groups excluding carboxylic acids is 2. The molecular weight excluding hydrogens is 400 g/mol. The van der Waals surface area contributed by atoms with E-state index in [9.17, 15) is 9.59 Å². The van der Waals surface area contributed by atoms with E-state index in [2.05, 4.69) is 13.2 Å². The van der Waals surface area contributed by atoms with Gasteiger partial charge in [0.1, 0.15) is 12.4 Å². The van der Waals surface area contributed by atoms with Crippen LogP contribution >= 0.6 is 0 Å². The number of hydrogen-bond donors (Lipinski definition) is 0. The molecule has 1 fully saturated rings. The molecular formula is C26H28N4O2. The standard InChI is InChI=1S/C26H28N4O2/c1-3-14-28(15-4-2)25(32)19-30-23-13-9-8-12-22(23)27-26(30)21-16-24(31)29(18-21)17-20-10-6-5-7-11-20/h3-13,21H,1-2,14-19H2. The van der Waals surface area contributed by atoms with Crippen LogP contribution in [0.5, 0.6) is 0 Å². The van der Waals surface area contributed by atoms with Gasteiger partial charge in [-0.15, -0.1) is 13.2 Å². The minimum Gasteiger partial charge on any atom is -0.338 e. The second kappa shape index (κ2) is 9.64. The molecule has 2 heterocycles. The van der Waals surface area contributed by atoms with Crippen LogP contribution in [0.15, 0.2) is 79.9 Å². The average Bonchev–Trinajstić information content (AvgIpc) is 3.34. The van der Waals surface area contributed by atoms with Crippen LogP contribution in [-0.4, -0.2) is 50.8 Å². The minimum atomic E-state index is -0.0568. The largest absolute Gasteiger partial charge is 0.338 e. The highest BCUT2D eigenvalue weighted by atomic mass is 16.2. The molecule has 0 aliphatic carbocycles. The Kier molecular flexibility index (Phi) is 6.50. The second-order valence-electron chi connectivity index (χ2n) is 8.08. The predicted molar refractivity (Wildman–Crippen MR) is 126 cm³/mol. The molecule has 164 valence electrons. The lowest BCUT2D eigenvalue weighted by Gasteiger charge is -2.21. The number of aromatic nitrogens is 2. The molecule has 1 atom stereocenters. The third kappa shape index (κ3) is 4.49. The van der Waals surface area contributed by atoms with Crippen molar-refractivity contribution in [3.05, 3.63) is 91.3 Å². The number of nitrogens with zero attached hydrogens (tertiary/aromatic N) is 4. The topological polar surface area (TPSA) is 58.4 Å². The predicted octanol–water partition coefficient (Wildman–Crippen LogP) is 3.75. The van der Waals surface area contributed by atoms with E-state index in [0.717, 1.165) is 22.4 Å². The van der Waals surface area contributed by atoms with Gasteiger partial charge in [0.25, 0.3) is 0 Å². The van der Waals surface area contributed by atoms with E-state index >= 15 is 0 Å². The van der Waals surface area contributed by atoms with Crippen LogP contribution in [0.25, 0.3) is 11.0 Å². The Hall–Kier alpha value is -3.67. The van der Waals surface area contributed by atoms with Gasteiger partial charge < -0.3 is 14.4 Å². The molecule has 1 saturated heterocycles. The average molecular weight is 429 g/mol. The van der Waals surface area contributed by atoms with E-state index in [1.165, 1.54) is 0 Å². The van der Waals surface area contributed by atoms with Gasteiger partial charge >= 0.3 is 0 Å². The Morgan fingerprint density at radius 1 is 1.06 bits per heavy atom. The number of hydrogen-bond acceptors (Lipinski definition) is 3. The number of fused-ring (bicyclic) bond motifs is 1. The SMILES string of the molecule is C=CCN(CC=C)C(=O)Cn1c(C2CC(=O)N(Cc3ccccc3)C2)nc2ccccc21. The van der Waals surface area contributed by atoms with Gasteiger partial charge in [0.05, 0.1) is 11.0 Å². The van der Waals surface area contributed by atoms with Gasteiger partial charge in [-0.05, 0) is 17.7 Å². The van der Waals surface area contributed by atoms with Crippen LogP contribution in [0.4, 0.5) is 0 Å². The van der Waals surface area contributed by atoms with E-state index in [-0.39, 0.29) is 24.3 Å². The lowest BCUT2D eigenvalue weighted by atomic mass is 10.1. The number of imidazole rings is 1. The summed E-state index contributed by atoms with van der Waals surface area (Å²) < 4.78 is 1.97. The van der Waals surface area contributed by atoms with Crippen molar-refractivity contribution >= 4 is 22.8 Å². The molecule has 2 amide bonds. The molecule has 6 heteroatoms. The van der Waals surface area contributed by atoms with Crippen LogP contribution in [0.3, 0.4) is 0 Å². The van der Waals surface area contributed by atoms with Gasteiger partial charge in [-0.3, -0.25) is 9.59 Å². The normalized spacial score (nSPS) is 15.8. The quantitative estimate of drug-likeness (QED) is 0.488. The molecule has 6 nitrogen and oxygen atoms in total. The van der Waals surface area contributed by atoms with E-state index < -0.39 is 0 Å². The van der Waals surface area contributed by atoms with E-state index in [1.54, 1.807) is 17.1 Å². The maximum atomic E-state index is 13.1. The van der Waals surface area contributed by atoms with Gasteiger partial charge in [0.15, 0.2) is 0 Å². The molecule has 2 aromatic carbocycles. The summed E-state index contributed by atoms with van der Waals surface area (Å²) in [5.74, 6) is 0.822. The molecule has 1 aromatic heterocycles. The number of amides is 2. The van der Waals surface area contributed by atoms with Crippen LogP contribution in [-0.2, 0) is 22.7 Å². The monoisotopic (exact) mass is 428 g/mol. The van der Waals surface area contributed by atoms with Crippen LogP contribution in [0.1, 0.15) is 23.7 Å². The minimum absolute atomic E-state index is 0.0281. The third-order valence-electron chi connectivity index (χ3n) is 5.83. The van der Waals surface area contributed by atoms with E-state index in [4.69, 9.17) is 4.98 Å². The molecule has 0 spiro atoms. The van der Waals surface area contributed by atoms with Gasteiger partial charge in [-0.2, -0.15) is 0 Å². The fourth-order valence-electron chi connectivity index (χ4n) is 4.30. The third-order valence-corrected chi connectivity index (χ3v) is 5.83. The zero-order valence-corrected chi connectivity index (χ0v) is 18.2. The molecule has 32 heavy (non-hydrogen) atoms.